The lowest BCUT2D eigenvalue weighted by Crippen LogP contribution is -2.58. The van der Waals surface area contributed by atoms with E-state index in [1.54, 1.807) is 20.8 Å². The monoisotopic (exact) mass is 391 g/mol. The molecular weight excluding hydrogens is 375 g/mol. The van der Waals surface area contributed by atoms with Crippen molar-refractivity contribution in [3.8, 4) is 0 Å². The Labute approximate surface area is 140 Å². The Balaban J connectivity index is 2.13. The fourth-order valence-corrected chi connectivity index (χ4v) is 4.38. The Morgan fingerprint density at radius 1 is 1.26 bits per heavy atom. The van der Waals surface area contributed by atoms with Crippen LogP contribution in [0, 0.1) is 0 Å². The molecule has 0 atom stereocenters. The normalized spacial score (nSPS) is 29.5. The van der Waals surface area contributed by atoms with Gasteiger partial charge in [-0.3, -0.25) is 4.79 Å². The van der Waals surface area contributed by atoms with E-state index in [9.17, 15) is 23.1 Å². The van der Waals surface area contributed by atoms with Gasteiger partial charge in [-0.15, -0.1) is 0 Å². The third-order valence-electron chi connectivity index (χ3n) is 4.79. The Hall–Kier alpha value is -1.08. The van der Waals surface area contributed by atoms with Crippen LogP contribution in [0.4, 0.5) is 13.2 Å². The second-order valence-electron chi connectivity index (χ2n) is 7.17. The SMILES string of the molecule is CC1(O)CC(N2C(=O)c3cc(Br)cc(C(F)(F)F)c3C2(C)C)C1. The van der Waals surface area contributed by atoms with E-state index in [4.69, 9.17) is 0 Å². The Bertz CT molecular complexity index is 689. The molecule has 126 valence electrons. The molecule has 3 nitrogen and oxygen atoms in total. The zero-order valence-corrected chi connectivity index (χ0v) is 14.5. The van der Waals surface area contributed by atoms with Gasteiger partial charge in [-0.2, -0.15) is 13.2 Å². The van der Waals surface area contributed by atoms with E-state index >= 15 is 0 Å². The Morgan fingerprint density at radius 2 is 1.83 bits per heavy atom. The van der Waals surface area contributed by atoms with Crippen LogP contribution >= 0.6 is 15.9 Å². The molecule has 1 aliphatic carbocycles. The molecular formula is C16H17BrF3NO2. The molecule has 0 aromatic heterocycles. The lowest BCUT2D eigenvalue weighted by Gasteiger charge is -2.50. The average molecular weight is 392 g/mol. The summed E-state index contributed by atoms with van der Waals surface area (Å²) in [4.78, 5) is 14.2. The number of carbonyl (C=O) groups is 1. The Morgan fingerprint density at radius 3 is 2.30 bits per heavy atom. The van der Waals surface area contributed by atoms with E-state index < -0.39 is 28.8 Å². The minimum Gasteiger partial charge on any atom is -0.390 e. The molecule has 1 amide bonds. The zero-order valence-electron chi connectivity index (χ0n) is 13.0. The van der Waals surface area contributed by atoms with E-state index in [0.29, 0.717) is 12.8 Å². The number of hydrogen-bond donors (Lipinski definition) is 1. The maximum Gasteiger partial charge on any atom is 0.416 e. The first-order valence-corrected chi connectivity index (χ1v) is 8.11. The van der Waals surface area contributed by atoms with Crippen LogP contribution in [0.25, 0.3) is 0 Å². The van der Waals surface area contributed by atoms with Crippen molar-refractivity contribution in [2.45, 2.75) is 57.0 Å². The molecule has 0 saturated heterocycles. The molecule has 0 spiro atoms. The predicted octanol–water partition coefficient (Wildman–Crippen LogP) is 4.07. The predicted molar refractivity (Wildman–Crippen MR) is 82.0 cm³/mol. The summed E-state index contributed by atoms with van der Waals surface area (Å²) in [6.07, 6.45) is -3.79. The number of rotatable bonds is 1. The zero-order chi connectivity index (χ0) is 17.4. The number of alkyl halides is 3. The Kier molecular flexibility index (Phi) is 3.44. The maximum absolute atomic E-state index is 13.5. The molecule has 23 heavy (non-hydrogen) atoms. The van der Waals surface area contributed by atoms with Crippen LogP contribution in [0.5, 0.6) is 0 Å². The topological polar surface area (TPSA) is 40.5 Å². The van der Waals surface area contributed by atoms with Crippen LogP contribution in [0.15, 0.2) is 16.6 Å². The van der Waals surface area contributed by atoms with Gasteiger partial charge in [-0.05, 0) is 45.7 Å². The summed E-state index contributed by atoms with van der Waals surface area (Å²) in [5.41, 5.74) is -2.61. The van der Waals surface area contributed by atoms with Gasteiger partial charge in [0.25, 0.3) is 5.91 Å². The molecule has 1 N–H and O–H groups in total. The second-order valence-corrected chi connectivity index (χ2v) is 8.08. The standard InChI is InChI=1S/C16H17BrF3NO2/c1-14(2)12-10(4-8(17)5-11(12)16(18,19)20)13(22)21(14)9-6-15(3,23)7-9/h4-5,9,23H,6-7H2,1-3H3. The molecule has 1 saturated carbocycles. The van der Waals surface area contributed by atoms with E-state index in [1.807, 2.05) is 0 Å². The van der Waals surface area contributed by atoms with Crippen LogP contribution in [0.1, 0.15) is 55.1 Å². The van der Waals surface area contributed by atoms with Crippen molar-refractivity contribution in [3.05, 3.63) is 33.3 Å². The van der Waals surface area contributed by atoms with Crippen molar-refractivity contribution in [2.24, 2.45) is 0 Å². The molecule has 0 radical (unpaired) electrons. The van der Waals surface area contributed by atoms with Gasteiger partial charge in [-0.1, -0.05) is 15.9 Å². The highest BCUT2D eigenvalue weighted by atomic mass is 79.9. The molecule has 7 heteroatoms. The van der Waals surface area contributed by atoms with Crippen LogP contribution in [-0.2, 0) is 11.7 Å². The average Bonchev–Trinajstić information content (AvgIpc) is 2.52. The van der Waals surface area contributed by atoms with Crippen molar-refractivity contribution in [1.82, 2.24) is 4.90 Å². The van der Waals surface area contributed by atoms with E-state index in [1.165, 1.54) is 11.0 Å². The minimum absolute atomic E-state index is 0.0183. The van der Waals surface area contributed by atoms with Crippen molar-refractivity contribution in [3.63, 3.8) is 0 Å². The summed E-state index contributed by atoms with van der Waals surface area (Å²) < 4.78 is 40.6. The molecule has 2 aliphatic rings. The summed E-state index contributed by atoms with van der Waals surface area (Å²) in [6, 6.07) is 2.22. The van der Waals surface area contributed by atoms with Crippen LogP contribution < -0.4 is 0 Å². The van der Waals surface area contributed by atoms with Gasteiger partial charge in [-0.25, -0.2) is 0 Å². The first-order valence-electron chi connectivity index (χ1n) is 7.32. The fourth-order valence-electron chi connectivity index (χ4n) is 3.92. The summed E-state index contributed by atoms with van der Waals surface area (Å²) in [7, 11) is 0. The van der Waals surface area contributed by atoms with Crippen LogP contribution in [0.3, 0.4) is 0 Å². The second kappa shape index (κ2) is 4.72. The van der Waals surface area contributed by atoms with Crippen molar-refractivity contribution in [2.75, 3.05) is 0 Å². The molecule has 1 heterocycles. The molecule has 0 unspecified atom stereocenters. The molecule has 1 fully saturated rings. The summed E-state index contributed by atoms with van der Waals surface area (Å²) in [5, 5.41) is 9.92. The van der Waals surface area contributed by atoms with Gasteiger partial charge in [0.15, 0.2) is 0 Å². The van der Waals surface area contributed by atoms with Gasteiger partial charge < -0.3 is 10.0 Å². The van der Waals surface area contributed by atoms with Gasteiger partial charge in [0.05, 0.1) is 16.7 Å². The molecule has 1 aromatic rings. The molecule has 1 aromatic carbocycles. The first kappa shape index (κ1) is 16.8. The number of aliphatic hydroxyl groups is 1. The fraction of sp³-hybridized carbons (Fsp3) is 0.562. The maximum atomic E-state index is 13.5. The van der Waals surface area contributed by atoms with Crippen molar-refractivity contribution in [1.29, 1.82) is 0 Å². The van der Waals surface area contributed by atoms with Crippen molar-refractivity contribution >= 4 is 21.8 Å². The lowest BCUT2D eigenvalue weighted by atomic mass is 9.75. The highest BCUT2D eigenvalue weighted by molar-refractivity contribution is 9.10. The number of carbonyl (C=O) groups excluding carboxylic acids is 1. The lowest BCUT2D eigenvalue weighted by molar-refractivity contribution is -0.140. The number of benzene rings is 1. The quantitative estimate of drug-likeness (QED) is 0.783. The summed E-state index contributed by atoms with van der Waals surface area (Å²) in [5.74, 6) is -0.405. The van der Waals surface area contributed by atoms with Crippen LogP contribution in [0.2, 0.25) is 0 Å². The van der Waals surface area contributed by atoms with E-state index in [-0.39, 0.29) is 21.6 Å². The minimum atomic E-state index is -4.54. The van der Waals surface area contributed by atoms with Gasteiger partial charge in [0, 0.05) is 21.6 Å². The van der Waals surface area contributed by atoms with Gasteiger partial charge in [0.1, 0.15) is 0 Å². The third kappa shape index (κ3) is 2.48. The van der Waals surface area contributed by atoms with E-state index in [2.05, 4.69) is 15.9 Å². The molecule has 1 aliphatic heterocycles. The van der Waals surface area contributed by atoms with Gasteiger partial charge >= 0.3 is 6.18 Å². The summed E-state index contributed by atoms with van der Waals surface area (Å²) in [6.45, 7) is 4.93. The number of nitrogens with zero attached hydrogens (tertiary/aromatic N) is 1. The van der Waals surface area contributed by atoms with E-state index in [0.717, 1.165) is 6.07 Å². The highest BCUT2D eigenvalue weighted by Gasteiger charge is 2.55. The largest absolute Gasteiger partial charge is 0.416 e. The highest BCUT2D eigenvalue weighted by Crippen LogP contribution is 2.51. The number of fused-ring (bicyclic) bond motifs is 1. The smallest absolute Gasteiger partial charge is 0.390 e. The van der Waals surface area contributed by atoms with Crippen molar-refractivity contribution < 1.29 is 23.1 Å². The molecule has 0 bridgehead atoms. The van der Waals surface area contributed by atoms with Gasteiger partial charge in [0.2, 0.25) is 0 Å². The first-order chi connectivity index (χ1) is 10.3. The van der Waals surface area contributed by atoms with Crippen LogP contribution in [-0.4, -0.2) is 27.6 Å². The number of amides is 1. The number of halogens is 4. The third-order valence-corrected chi connectivity index (χ3v) is 5.25. The molecule has 3 rings (SSSR count). The summed E-state index contributed by atoms with van der Waals surface area (Å²) >= 11 is 3.07. The number of hydrogen-bond acceptors (Lipinski definition) is 2.